The van der Waals surface area contributed by atoms with Gasteiger partial charge in [-0.2, -0.15) is 4.99 Å². The minimum atomic E-state index is 1.03. The Morgan fingerprint density at radius 3 is 3.00 bits per heavy atom. The zero-order valence-electron chi connectivity index (χ0n) is 6.20. The molecule has 0 aliphatic rings. The van der Waals surface area contributed by atoms with E-state index in [9.17, 15) is 4.79 Å². The number of carbonyl (C=O) groups excluding carboxylic acids is 1. The Labute approximate surface area is 84.2 Å². The minimum Gasteiger partial charge on any atom is -0.211 e. The number of hydrogen-bond acceptors (Lipinski definition) is 2. The lowest BCUT2D eigenvalue weighted by atomic mass is 10.2. The van der Waals surface area contributed by atoms with Crippen molar-refractivity contribution in [2.24, 2.45) is 4.99 Å². The van der Waals surface area contributed by atoms with E-state index in [0.29, 0.717) is 0 Å². The molecule has 1 aromatic carbocycles. The molecule has 12 heavy (non-hydrogen) atoms. The van der Waals surface area contributed by atoms with Crippen LogP contribution in [0.2, 0.25) is 0 Å². The van der Waals surface area contributed by atoms with E-state index in [-0.39, 0.29) is 0 Å². The van der Waals surface area contributed by atoms with Crippen LogP contribution in [0.15, 0.2) is 35.5 Å². The summed E-state index contributed by atoms with van der Waals surface area (Å²) in [5.41, 5.74) is 1.03. The molecule has 0 aliphatic carbocycles. The lowest BCUT2D eigenvalue weighted by molar-refractivity contribution is 0.565. The van der Waals surface area contributed by atoms with Crippen molar-refractivity contribution in [3.8, 4) is 0 Å². The summed E-state index contributed by atoms with van der Waals surface area (Å²) < 4.78 is 1.16. The fraction of sp³-hybridized carbons (Fsp3) is 0. The second-order valence-electron chi connectivity index (χ2n) is 2.09. The Kier molecular flexibility index (Phi) is 3.70. The number of isocyanates is 1. The maximum absolute atomic E-state index is 9.72. The van der Waals surface area contributed by atoms with Gasteiger partial charge in [-0.05, 0) is 46.4 Å². The first-order valence-corrected chi connectivity index (χ1v) is 4.40. The van der Waals surface area contributed by atoms with Crippen LogP contribution in [0.3, 0.4) is 0 Å². The van der Waals surface area contributed by atoms with Crippen molar-refractivity contribution >= 4 is 34.7 Å². The molecule has 0 saturated carbocycles. The molecular weight excluding hydrogens is 265 g/mol. The van der Waals surface area contributed by atoms with E-state index in [1.165, 1.54) is 12.3 Å². The third kappa shape index (κ3) is 2.98. The number of benzene rings is 1. The Bertz CT molecular complexity index is 340. The van der Waals surface area contributed by atoms with Crippen LogP contribution in [0, 0.1) is 3.57 Å². The van der Waals surface area contributed by atoms with Crippen molar-refractivity contribution in [1.29, 1.82) is 0 Å². The van der Waals surface area contributed by atoms with Crippen LogP contribution in [-0.4, -0.2) is 6.08 Å². The van der Waals surface area contributed by atoms with E-state index < -0.39 is 0 Å². The topological polar surface area (TPSA) is 29.4 Å². The molecule has 0 aliphatic heterocycles. The first-order chi connectivity index (χ1) is 5.83. The number of halogens is 1. The minimum absolute atomic E-state index is 1.03. The van der Waals surface area contributed by atoms with Crippen LogP contribution in [0.4, 0.5) is 0 Å². The Hall–Kier alpha value is -0.930. The normalized spacial score (nSPS) is 9.75. The Morgan fingerprint density at radius 1 is 1.50 bits per heavy atom. The van der Waals surface area contributed by atoms with Crippen LogP contribution >= 0.6 is 22.6 Å². The van der Waals surface area contributed by atoms with Crippen LogP contribution in [0.5, 0.6) is 0 Å². The van der Waals surface area contributed by atoms with Crippen molar-refractivity contribution in [3.63, 3.8) is 0 Å². The molecule has 0 bridgehead atoms. The van der Waals surface area contributed by atoms with Gasteiger partial charge in [0, 0.05) is 9.77 Å². The second kappa shape index (κ2) is 4.85. The molecular formula is C9H6INO. The highest BCUT2D eigenvalue weighted by Gasteiger charge is 1.86. The average Bonchev–Trinajstić information content (AvgIpc) is 2.05. The molecule has 1 rings (SSSR count). The van der Waals surface area contributed by atoms with E-state index in [2.05, 4.69) is 27.6 Å². The highest BCUT2D eigenvalue weighted by atomic mass is 127. The van der Waals surface area contributed by atoms with E-state index in [0.717, 1.165) is 9.13 Å². The number of rotatable bonds is 2. The molecule has 0 amide bonds. The third-order valence-electron chi connectivity index (χ3n) is 1.24. The molecule has 0 unspecified atom stereocenters. The fourth-order valence-corrected chi connectivity index (χ4v) is 1.33. The molecule has 0 N–H and O–H groups in total. The van der Waals surface area contributed by atoms with Gasteiger partial charge in [0.25, 0.3) is 0 Å². The van der Waals surface area contributed by atoms with Crippen LogP contribution < -0.4 is 0 Å². The zero-order valence-corrected chi connectivity index (χ0v) is 8.36. The molecule has 3 heteroatoms. The van der Waals surface area contributed by atoms with Crippen molar-refractivity contribution in [2.75, 3.05) is 0 Å². The van der Waals surface area contributed by atoms with E-state index >= 15 is 0 Å². The molecule has 0 spiro atoms. The molecule has 0 aromatic heterocycles. The van der Waals surface area contributed by atoms with Gasteiger partial charge < -0.3 is 0 Å². The molecule has 0 heterocycles. The summed E-state index contributed by atoms with van der Waals surface area (Å²) in [5, 5.41) is 0. The van der Waals surface area contributed by atoms with Crippen molar-refractivity contribution in [2.45, 2.75) is 0 Å². The lowest BCUT2D eigenvalue weighted by Crippen LogP contribution is -1.72. The van der Waals surface area contributed by atoms with Gasteiger partial charge in [0.05, 0.1) is 0 Å². The van der Waals surface area contributed by atoms with Gasteiger partial charge in [-0.25, -0.2) is 4.79 Å². The second-order valence-corrected chi connectivity index (χ2v) is 3.34. The lowest BCUT2D eigenvalue weighted by Gasteiger charge is -1.91. The molecule has 1 aromatic rings. The Morgan fingerprint density at radius 2 is 2.33 bits per heavy atom. The van der Waals surface area contributed by atoms with Gasteiger partial charge in [0.2, 0.25) is 6.08 Å². The third-order valence-corrected chi connectivity index (χ3v) is 1.91. The largest absolute Gasteiger partial charge is 0.239 e. The predicted molar refractivity (Wildman–Crippen MR) is 56.3 cm³/mol. The van der Waals surface area contributed by atoms with Gasteiger partial charge in [-0.1, -0.05) is 12.1 Å². The maximum Gasteiger partial charge on any atom is 0.239 e. The van der Waals surface area contributed by atoms with E-state index in [1.54, 1.807) is 6.08 Å². The molecule has 0 fully saturated rings. The van der Waals surface area contributed by atoms with Crippen LogP contribution in [-0.2, 0) is 4.79 Å². The summed E-state index contributed by atoms with van der Waals surface area (Å²) in [6, 6.07) is 7.89. The number of hydrogen-bond donors (Lipinski definition) is 0. The zero-order chi connectivity index (χ0) is 8.81. The first kappa shape index (κ1) is 9.16. The number of aliphatic imine (C=N–C) groups is 1. The summed E-state index contributed by atoms with van der Waals surface area (Å²) >= 11 is 2.22. The Balaban J connectivity index is 2.82. The van der Waals surface area contributed by atoms with Crippen LogP contribution in [0.25, 0.3) is 6.08 Å². The van der Waals surface area contributed by atoms with Crippen molar-refractivity contribution in [1.82, 2.24) is 0 Å². The summed E-state index contributed by atoms with van der Waals surface area (Å²) in [6.45, 7) is 0. The summed E-state index contributed by atoms with van der Waals surface area (Å²) in [4.78, 5) is 13.0. The average molecular weight is 271 g/mol. The molecule has 0 saturated heterocycles. The smallest absolute Gasteiger partial charge is 0.211 e. The summed E-state index contributed by atoms with van der Waals surface area (Å²) in [7, 11) is 0. The number of nitrogens with zero attached hydrogens (tertiary/aromatic N) is 1. The molecule has 0 atom stereocenters. The van der Waals surface area contributed by atoms with E-state index in [4.69, 9.17) is 0 Å². The molecule has 2 nitrogen and oxygen atoms in total. The predicted octanol–water partition coefficient (Wildman–Crippen LogP) is 2.60. The van der Waals surface area contributed by atoms with Crippen molar-refractivity contribution in [3.05, 3.63) is 39.6 Å². The van der Waals surface area contributed by atoms with Gasteiger partial charge in [0.15, 0.2) is 0 Å². The fourth-order valence-electron chi connectivity index (χ4n) is 0.764. The highest BCUT2D eigenvalue weighted by molar-refractivity contribution is 14.1. The maximum atomic E-state index is 9.72. The van der Waals surface area contributed by atoms with Gasteiger partial charge in [0.1, 0.15) is 0 Å². The van der Waals surface area contributed by atoms with Gasteiger partial charge >= 0.3 is 0 Å². The quantitative estimate of drug-likeness (QED) is 0.462. The first-order valence-electron chi connectivity index (χ1n) is 3.32. The SMILES string of the molecule is O=C=NC=Cc1cccc(I)c1. The van der Waals surface area contributed by atoms with E-state index in [1.807, 2.05) is 24.3 Å². The standard InChI is InChI=1S/C9H6INO/c10-9-3-1-2-8(6-9)4-5-11-7-12/h1-6H. The van der Waals surface area contributed by atoms with Crippen LogP contribution in [0.1, 0.15) is 5.56 Å². The summed E-state index contributed by atoms with van der Waals surface area (Å²) in [5.74, 6) is 0. The molecule has 60 valence electrons. The van der Waals surface area contributed by atoms with Gasteiger partial charge in [-0.3, -0.25) is 0 Å². The highest BCUT2D eigenvalue weighted by Crippen LogP contribution is 2.08. The van der Waals surface area contributed by atoms with Crippen molar-refractivity contribution < 1.29 is 4.79 Å². The van der Waals surface area contributed by atoms with Gasteiger partial charge in [-0.15, -0.1) is 0 Å². The molecule has 0 radical (unpaired) electrons. The monoisotopic (exact) mass is 271 g/mol. The summed E-state index contributed by atoms with van der Waals surface area (Å²) in [6.07, 6.45) is 4.62.